The first kappa shape index (κ1) is 12.9. The van der Waals surface area contributed by atoms with Crippen LogP contribution in [0.5, 0.6) is 0 Å². The van der Waals surface area contributed by atoms with Crippen LogP contribution >= 0.6 is 0 Å². The zero-order chi connectivity index (χ0) is 14.8. The van der Waals surface area contributed by atoms with E-state index in [1.165, 1.54) is 12.1 Å². The monoisotopic (exact) mass is 280 g/mol. The number of aromatic amines is 1. The van der Waals surface area contributed by atoms with Crippen LogP contribution in [0.4, 0.5) is 5.95 Å². The number of rotatable bonds is 3. The summed E-state index contributed by atoms with van der Waals surface area (Å²) in [6.45, 7) is 0. The highest BCUT2D eigenvalue weighted by molar-refractivity contribution is 6.11. The Morgan fingerprint density at radius 1 is 1.00 bits per heavy atom. The zero-order valence-electron chi connectivity index (χ0n) is 11.0. The van der Waals surface area contributed by atoms with Crippen LogP contribution in [0.3, 0.4) is 0 Å². The van der Waals surface area contributed by atoms with Gasteiger partial charge in [0, 0.05) is 0 Å². The summed E-state index contributed by atoms with van der Waals surface area (Å²) in [5, 5.41) is 2.63. The first-order valence-electron chi connectivity index (χ1n) is 6.30. The molecule has 3 rings (SSSR count). The largest absolute Gasteiger partial charge is 0.366 e. The Kier molecular flexibility index (Phi) is 3.12. The molecule has 0 fully saturated rings. The van der Waals surface area contributed by atoms with Crippen molar-refractivity contribution >= 4 is 28.8 Å². The van der Waals surface area contributed by atoms with E-state index in [4.69, 9.17) is 5.73 Å². The molecule has 104 valence electrons. The van der Waals surface area contributed by atoms with E-state index in [2.05, 4.69) is 15.3 Å². The third kappa shape index (κ3) is 2.46. The summed E-state index contributed by atoms with van der Waals surface area (Å²) in [5.41, 5.74) is 7.21. The molecule has 0 saturated heterocycles. The molecular weight excluding hydrogens is 268 g/mol. The Hall–Kier alpha value is -3.15. The van der Waals surface area contributed by atoms with Crippen LogP contribution in [-0.4, -0.2) is 21.8 Å². The second kappa shape index (κ2) is 5.09. The average molecular weight is 280 g/mol. The number of anilines is 1. The third-order valence-corrected chi connectivity index (χ3v) is 3.06. The van der Waals surface area contributed by atoms with Crippen LogP contribution in [-0.2, 0) is 0 Å². The summed E-state index contributed by atoms with van der Waals surface area (Å²) >= 11 is 0. The second-order valence-electron chi connectivity index (χ2n) is 4.47. The Bertz CT molecular complexity index is 805. The molecule has 0 aliphatic heterocycles. The van der Waals surface area contributed by atoms with Gasteiger partial charge in [-0.15, -0.1) is 0 Å². The minimum absolute atomic E-state index is 0.172. The number of benzene rings is 2. The van der Waals surface area contributed by atoms with Gasteiger partial charge in [0.2, 0.25) is 11.9 Å². The number of carbonyl (C=O) groups excluding carboxylic acids is 2. The van der Waals surface area contributed by atoms with E-state index in [0.717, 1.165) is 11.0 Å². The predicted molar refractivity (Wildman–Crippen MR) is 79.0 cm³/mol. The normalized spacial score (nSPS) is 10.5. The number of aromatic nitrogens is 2. The van der Waals surface area contributed by atoms with E-state index in [1.807, 2.05) is 24.3 Å². The Morgan fingerprint density at radius 2 is 1.67 bits per heavy atom. The highest BCUT2D eigenvalue weighted by Gasteiger charge is 2.15. The molecule has 0 spiro atoms. The summed E-state index contributed by atoms with van der Waals surface area (Å²) in [6, 6.07) is 13.8. The topological polar surface area (TPSA) is 101 Å². The van der Waals surface area contributed by atoms with Gasteiger partial charge in [-0.25, -0.2) is 4.98 Å². The summed E-state index contributed by atoms with van der Waals surface area (Å²) in [5.74, 6) is -0.769. The number of para-hydroxylation sites is 2. The summed E-state index contributed by atoms with van der Waals surface area (Å²) < 4.78 is 0. The molecule has 0 saturated carbocycles. The molecule has 0 aliphatic carbocycles. The lowest BCUT2D eigenvalue weighted by Gasteiger charge is -2.05. The number of hydrogen-bond acceptors (Lipinski definition) is 3. The number of nitrogens with zero attached hydrogens (tertiary/aromatic N) is 1. The Labute approximate surface area is 120 Å². The van der Waals surface area contributed by atoms with Crippen molar-refractivity contribution < 1.29 is 9.59 Å². The number of amides is 2. The van der Waals surface area contributed by atoms with Crippen molar-refractivity contribution in [1.82, 2.24) is 9.97 Å². The minimum Gasteiger partial charge on any atom is -0.366 e. The van der Waals surface area contributed by atoms with E-state index in [1.54, 1.807) is 12.1 Å². The van der Waals surface area contributed by atoms with Gasteiger partial charge in [-0.2, -0.15) is 0 Å². The predicted octanol–water partition coefficient (Wildman–Crippen LogP) is 1.91. The number of carbonyl (C=O) groups is 2. The minimum atomic E-state index is -0.648. The molecule has 0 radical (unpaired) electrons. The highest BCUT2D eigenvalue weighted by Crippen LogP contribution is 2.15. The summed E-state index contributed by atoms with van der Waals surface area (Å²) in [6.07, 6.45) is 0. The van der Waals surface area contributed by atoms with Crippen LogP contribution in [0.15, 0.2) is 48.5 Å². The van der Waals surface area contributed by atoms with Gasteiger partial charge in [-0.05, 0) is 24.3 Å². The maximum Gasteiger partial charge on any atom is 0.258 e. The standard InChI is InChI=1S/C15H12N4O2/c16-13(20)9-5-1-2-6-10(9)14(21)19-15-17-11-7-3-4-8-12(11)18-15/h1-8H,(H2,16,20)(H2,17,18,19,21). The van der Waals surface area contributed by atoms with Crippen molar-refractivity contribution in [3.8, 4) is 0 Å². The van der Waals surface area contributed by atoms with Crippen LogP contribution in [0.25, 0.3) is 11.0 Å². The molecule has 1 heterocycles. The van der Waals surface area contributed by atoms with Gasteiger partial charge in [0.25, 0.3) is 5.91 Å². The lowest BCUT2D eigenvalue weighted by molar-refractivity contribution is 0.0977. The molecule has 0 bridgehead atoms. The second-order valence-corrected chi connectivity index (χ2v) is 4.47. The van der Waals surface area contributed by atoms with Gasteiger partial charge in [0.05, 0.1) is 22.2 Å². The number of imidazole rings is 1. The van der Waals surface area contributed by atoms with Crippen LogP contribution in [0.1, 0.15) is 20.7 Å². The molecule has 6 nitrogen and oxygen atoms in total. The van der Waals surface area contributed by atoms with Crippen molar-refractivity contribution in [1.29, 1.82) is 0 Å². The van der Waals surface area contributed by atoms with E-state index in [9.17, 15) is 9.59 Å². The zero-order valence-corrected chi connectivity index (χ0v) is 11.0. The molecule has 21 heavy (non-hydrogen) atoms. The molecule has 2 aromatic carbocycles. The Balaban J connectivity index is 1.91. The van der Waals surface area contributed by atoms with Crippen molar-refractivity contribution in [2.24, 2.45) is 5.73 Å². The van der Waals surface area contributed by atoms with Gasteiger partial charge >= 0.3 is 0 Å². The molecule has 0 aliphatic rings. The molecule has 2 amide bonds. The smallest absolute Gasteiger partial charge is 0.258 e. The van der Waals surface area contributed by atoms with Crippen LogP contribution in [0, 0.1) is 0 Å². The molecular formula is C15H12N4O2. The maximum atomic E-state index is 12.2. The average Bonchev–Trinajstić information content (AvgIpc) is 2.89. The van der Waals surface area contributed by atoms with Gasteiger partial charge in [0.15, 0.2) is 0 Å². The quantitative estimate of drug-likeness (QED) is 0.683. The van der Waals surface area contributed by atoms with Crippen LogP contribution < -0.4 is 11.1 Å². The Morgan fingerprint density at radius 3 is 2.38 bits per heavy atom. The SMILES string of the molecule is NC(=O)c1ccccc1C(=O)Nc1nc2ccccc2[nH]1. The number of fused-ring (bicyclic) bond motifs is 1. The number of hydrogen-bond donors (Lipinski definition) is 3. The first-order valence-corrected chi connectivity index (χ1v) is 6.30. The third-order valence-electron chi connectivity index (χ3n) is 3.06. The summed E-state index contributed by atoms with van der Waals surface area (Å²) in [7, 11) is 0. The molecule has 4 N–H and O–H groups in total. The van der Waals surface area contributed by atoms with Gasteiger partial charge < -0.3 is 10.7 Å². The summed E-state index contributed by atoms with van der Waals surface area (Å²) in [4.78, 5) is 30.8. The fourth-order valence-electron chi connectivity index (χ4n) is 2.08. The number of primary amides is 1. The van der Waals surface area contributed by atoms with Crippen LogP contribution in [0.2, 0.25) is 0 Å². The molecule has 1 aromatic heterocycles. The van der Waals surface area contributed by atoms with Crippen molar-refractivity contribution in [3.05, 3.63) is 59.7 Å². The lowest BCUT2D eigenvalue weighted by Crippen LogP contribution is -2.20. The van der Waals surface area contributed by atoms with E-state index < -0.39 is 11.8 Å². The highest BCUT2D eigenvalue weighted by atomic mass is 16.2. The van der Waals surface area contributed by atoms with Crippen molar-refractivity contribution in [3.63, 3.8) is 0 Å². The molecule has 0 unspecified atom stereocenters. The number of nitrogens with two attached hydrogens (primary N) is 1. The number of nitrogens with one attached hydrogen (secondary N) is 2. The van der Waals surface area contributed by atoms with Crippen molar-refractivity contribution in [2.75, 3.05) is 5.32 Å². The maximum absolute atomic E-state index is 12.2. The fourth-order valence-corrected chi connectivity index (χ4v) is 2.08. The lowest BCUT2D eigenvalue weighted by atomic mass is 10.1. The van der Waals surface area contributed by atoms with E-state index in [-0.39, 0.29) is 11.1 Å². The molecule has 0 atom stereocenters. The number of H-pyrrole nitrogens is 1. The fraction of sp³-hybridized carbons (Fsp3) is 0. The first-order chi connectivity index (χ1) is 10.1. The molecule has 3 aromatic rings. The van der Waals surface area contributed by atoms with Gasteiger partial charge in [-0.3, -0.25) is 14.9 Å². The van der Waals surface area contributed by atoms with Gasteiger partial charge in [-0.1, -0.05) is 24.3 Å². The van der Waals surface area contributed by atoms with E-state index in [0.29, 0.717) is 5.95 Å². The van der Waals surface area contributed by atoms with Gasteiger partial charge in [0.1, 0.15) is 0 Å². The van der Waals surface area contributed by atoms with Crippen molar-refractivity contribution in [2.45, 2.75) is 0 Å². The molecule has 6 heteroatoms. The van der Waals surface area contributed by atoms with E-state index >= 15 is 0 Å².